The van der Waals surface area contributed by atoms with Gasteiger partial charge < -0.3 is 10.1 Å². The number of ether oxygens (including phenoxy) is 1. The maximum absolute atomic E-state index is 5.92. The van der Waals surface area contributed by atoms with E-state index in [0.717, 1.165) is 19.6 Å². The molecule has 82 valence electrons. The molecule has 1 aliphatic heterocycles. The van der Waals surface area contributed by atoms with Gasteiger partial charge in [0.1, 0.15) is 0 Å². The minimum Gasteiger partial charge on any atom is -0.373 e. The largest absolute Gasteiger partial charge is 0.373 e. The molecule has 0 aromatic carbocycles. The van der Waals surface area contributed by atoms with E-state index in [4.69, 9.17) is 4.74 Å². The standard InChI is InChI=1S/C12H23NO/c1-5-13-11(10(2)3)12(4)8-6-7-9-14-12/h11,13H,2,5-9H2,1,3-4H3. The van der Waals surface area contributed by atoms with Crippen LogP contribution in [0.25, 0.3) is 0 Å². The molecule has 1 fully saturated rings. The fraction of sp³-hybridized carbons (Fsp3) is 0.833. The molecule has 2 unspecified atom stereocenters. The molecule has 2 nitrogen and oxygen atoms in total. The van der Waals surface area contributed by atoms with Crippen molar-refractivity contribution in [3.63, 3.8) is 0 Å². The average molecular weight is 197 g/mol. The van der Waals surface area contributed by atoms with E-state index in [0.29, 0.717) is 6.04 Å². The molecular weight excluding hydrogens is 174 g/mol. The topological polar surface area (TPSA) is 21.3 Å². The summed E-state index contributed by atoms with van der Waals surface area (Å²) in [6.45, 7) is 12.3. The van der Waals surface area contributed by atoms with Gasteiger partial charge in [0.15, 0.2) is 0 Å². The fourth-order valence-corrected chi connectivity index (χ4v) is 2.30. The van der Waals surface area contributed by atoms with Crippen LogP contribution < -0.4 is 5.32 Å². The van der Waals surface area contributed by atoms with E-state index in [1.54, 1.807) is 0 Å². The lowest BCUT2D eigenvalue weighted by atomic mass is 9.85. The van der Waals surface area contributed by atoms with Gasteiger partial charge in [0.2, 0.25) is 0 Å². The van der Waals surface area contributed by atoms with Crippen LogP contribution in [0, 0.1) is 0 Å². The number of likely N-dealkylation sites (N-methyl/N-ethyl adjacent to an activating group) is 1. The van der Waals surface area contributed by atoms with E-state index in [1.165, 1.54) is 18.4 Å². The molecule has 0 saturated carbocycles. The quantitative estimate of drug-likeness (QED) is 0.699. The van der Waals surface area contributed by atoms with Gasteiger partial charge >= 0.3 is 0 Å². The summed E-state index contributed by atoms with van der Waals surface area (Å²) < 4.78 is 5.92. The Hall–Kier alpha value is -0.340. The Kier molecular flexibility index (Phi) is 4.14. The zero-order chi connectivity index (χ0) is 10.6. The summed E-state index contributed by atoms with van der Waals surface area (Å²) in [6, 6.07) is 0.299. The van der Waals surface area contributed by atoms with Gasteiger partial charge in [0.25, 0.3) is 0 Å². The van der Waals surface area contributed by atoms with Crippen LogP contribution in [0.1, 0.15) is 40.0 Å². The molecule has 1 N–H and O–H groups in total. The van der Waals surface area contributed by atoms with E-state index in [2.05, 4.69) is 32.7 Å². The number of rotatable bonds is 4. The first-order valence-electron chi connectivity index (χ1n) is 5.63. The number of hydrogen-bond donors (Lipinski definition) is 1. The van der Waals surface area contributed by atoms with Crippen molar-refractivity contribution in [1.29, 1.82) is 0 Å². The average Bonchev–Trinajstić information content (AvgIpc) is 2.14. The Bertz CT molecular complexity index is 194. The molecule has 2 atom stereocenters. The normalized spacial score (nSPS) is 29.9. The molecule has 1 aliphatic rings. The van der Waals surface area contributed by atoms with Gasteiger partial charge in [-0.15, -0.1) is 0 Å². The molecule has 0 amide bonds. The Morgan fingerprint density at radius 1 is 1.57 bits per heavy atom. The maximum atomic E-state index is 5.92. The van der Waals surface area contributed by atoms with E-state index in [9.17, 15) is 0 Å². The molecule has 2 heteroatoms. The van der Waals surface area contributed by atoms with Crippen LogP contribution in [0.5, 0.6) is 0 Å². The summed E-state index contributed by atoms with van der Waals surface area (Å²) in [4.78, 5) is 0. The zero-order valence-electron chi connectivity index (χ0n) is 9.73. The third-order valence-corrected chi connectivity index (χ3v) is 3.01. The summed E-state index contributed by atoms with van der Waals surface area (Å²) in [6.07, 6.45) is 3.60. The minimum atomic E-state index is -0.0416. The molecule has 14 heavy (non-hydrogen) atoms. The minimum absolute atomic E-state index is 0.0416. The molecule has 0 aromatic heterocycles. The predicted octanol–water partition coefficient (Wildman–Crippen LogP) is 2.50. The maximum Gasteiger partial charge on any atom is 0.0844 e. The van der Waals surface area contributed by atoms with Gasteiger partial charge in [-0.1, -0.05) is 19.1 Å². The highest BCUT2D eigenvalue weighted by Crippen LogP contribution is 2.30. The Labute approximate surface area is 87.7 Å². The van der Waals surface area contributed by atoms with Crippen LogP contribution >= 0.6 is 0 Å². The van der Waals surface area contributed by atoms with Crippen molar-refractivity contribution >= 4 is 0 Å². The fourth-order valence-electron chi connectivity index (χ4n) is 2.30. The molecule has 0 bridgehead atoms. The SMILES string of the molecule is C=C(C)C(NCC)C1(C)CCCCO1. The third kappa shape index (κ3) is 2.58. The summed E-state index contributed by atoms with van der Waals surface area (Å²) in [7, 11) is 0. The smallest absolute Gasteiger partial charge is 0.0844 e. The lowest BCUT2D eigenvalue weighted by Crippen LogP contribution is -2.52. The molecule has 0 radical (unpaired) electrons. The van der Waals surface area contributed by atoms with Crippen molar-refractivity contribution in [3.8, 4) is 0 Å². The molecule has 0 aromatic rings. The summed E-state index contributed by atoms with van der Waals surface area (Å²) >= 11 is 0. The van der Waals surface area contributed by atoms with E-state index in [1.807, 2.05) is 0 Å². The summed E-state index contributed by atoms with van der Waals surface area (Å²) in [5.74, 6) is 0. The first kappa shape index (κ1) is 11.7. The van der Waals surface area contributed by atoms with Crippen LogP contribution in [-0.4, -0.2) is 24.8 Å². The van der Waals surface area contributed by atoms with Gasteiger partial charge in [0, 0.05) is 6.61 Å². The van der Waals surface area contributed by atoms with E-state index in [-0.39, 0.29) is 5.60 Å². The van der Waals surface area contributed by atoms with Crippen LogP contribution in [0.4, 0.5) is 0 Å². The molecule has 0 spiro atoms. The van der Waals surface area contributed by atoms with Crippen molar-refractivity contribution in [1.82, 2.24) is 5.32 Å². The second-order valence-electron chi connectivity index (χ2n) is 4.46. The highest BCUT2D eigenvalue weighted by molar-refractivity contribution is 5.11. The molecule has 0 aliphatic carbocycles. The van der Waals surface area contributed by atoms with Crippen LogP contribution in [0.3, 0.4) is 0 Å². The Morgan fingerprint density at radius 3 is 2.71 bits per heavy atom. The van der Waals surface area contributed by atoms with Gasteiger partial charge in [-0.2, -0.15) is 0 Å². The van der Waals surface area contributed by atoms with Crippen LogP contribution in [0.15, 0.2) is 12.2 Å². The summed E-state index contributed by atoms with van der Waals surface area (Å²) in [5.41, 5.74) is 1.14. The van der Waals surface area contributed by atoms with Crippen molar-refractivity contribution in [3.05, 3.63) is 12.2 Å². The number of nitrogens with one attached hydrogen (secondary N) is 1. The number of hydrogen-bond acceptors (Lipinski definition) is 2. The monoisotopic (exact) mass is 197 g/mol. The summed E-state index contributed by atoms with van der Waals surface area (Å²) in [5, 5.41) is 3.47. The molecule has 1 saturated heterocycles. The van der Waals surface area contributed by atoms with Crippen LogP contribution in [0.2, 0.25) is 0 Å². The first-order chi connectivity index (χ1) is 6.60. The van der Waals surface area contributed by atoms with E-state index >= 15 is 0 Å². The Morgan fingerprint density at radius 2 is 2.29 bits per heavy atom. The predicted molar refractivity (Wildman–Crippen MR) is 60.5 cm³/mol. The molecule has 1 heterocycles. The van der Waals surface area contributed by atoms with Gasteiger partial charge in [-0.25, -0.2) is 0 Å². The van der Waals surface area contributed by atoms with Crippen molar-refractivity contribution in [2.75, 3.05) is 13.2 Å². The van der Waals surface area contributed by atoms with Gasteiger partial charge in [-0.05, 0) is 39.7 Å². The van der Waals surface area contributed by atoms with Crippen LogP contribution in [-0.2, 0) is 4.74 Å². The Balaban J connectivity index is 2.68. The lowest BCUT2D eigenvalue weighted by Gasteiger charge is -2.41. The third-order valence-electron chi connectivity index (χ3n) is 3.01. The van der Waals surface area contributed by atoms with Crippen molar-refractivity contribution in [2.45, 2.75) is 51.7 Å². The highest BCUT2D eigenvalue weighted by Gasteiger charge is 2.36. The highest BCUT2D eigenvalue weighted by atomic mass is 16.5. The second kappa shape index (κ2) is 4.94. The lowest BCUT2D eigenvalue weighted by molar-refractivity contribution is -0.0806. The van der Waals surface area contributed by atoms with Crippen molar-refractivity contribution in [2.24, 2.45) is 0 Å². The first-order valence-corrected chi connectivity index (χ1v) is 5.63. The van der Waals surface area contributed by atoms with E-state index < -0.39 is 0 Å². The van der Waals surface area contributed by atoms with Crippen molar-refractivity contribution < 1.29 is 4.74 Å². The van der Waals surface area contributed by atoms with Gasteiger partial charge in [0.05, 0.1) is 11.6 Å². The molecular formula is C12H23NO. The second-order valence-corrected chi connectivity index (χ2v) is 4.46. The van der Waals surface area contributed by atoms with Gasteiger partial charge in [-0.3, -0.25) is 0 Å². The molecule has 1 rings (SSSR count). The zero-order valence-corrected chi connectivity index (χ0v) is 9.73.